The number of aliphatic hydroxyl groups excluding tert-OH is 2. The Kier molecular flexibility index (Phi) is 7.17. The van der Waals surface area contributed by atoms with E-state index in [0.29, 0.717) is 30.4 Å². The first-order chi connectivity index (χ1) is 17.3. The number of carbonyl (C=O) groups is 2. The minimum absolute atomic E-state index is 0.0224. The van der Waals surface area contributed by atoms with Gasteiger partial charge < -0.3 is 20.4 Å². The Balaban J connectivity index is 1.51. The fraction of sp³-hybridized carbons (Fsp3) is 0.542. The number of aromatic nitrogens is 2. The maximum absolute atomic E-state index is 13.7. The molecule has 2 amide bonds. The summed E-state index contributed by atoms with van der Waals surface area (Å²) < 4.78 is 39.1. The Morgan fingerprint density at radius 2 is 2.03 bits per heavy atom. The van der Waals surface area contributed by atoms with Crippen molar-refractivity contribution in [2.45, 2.75) is 55.3 Å². The molecular formula is C24H30ClFN4O6S. The molecule has 2 aliphatic rings. The average Bonchev–Trinajstić information content (AvgIpc) is 3.57. The predicted molar refractivity (Wildman–Crippen MR) is 133 cm³/mol. The van der Waals surface area contributed by atoms with Crippen LogP contribution in [-0.4, -0.2) is 80.4 Å². The van der Waals surface area contributed by atoms with Gasteiger partial charge in [0.2, 0.25) is 0 Å². The minimum Gasteiger partial charge on any atom is -0.394 e. The van der Waals surface area contributed by atoms with Crippen LogP contribution in [0.3, 0.4) is 0 Å². The van der Waals surface area contributed by atoms with Crippen molar-refractivity contribution in [3.63, 3.8) is 0 Å². The smallest absolute Gasteiger partial charge is 0.272 e. The predicted octanol–water partition coefficient (Wildman–Crippen LogP) is 1.22. The molecular weight excluding hydrogens is 527 g/mol. The van der Waals surface area contributed by atoms with Gasteiger partial charge in [-0.1, -0.05) is 17.7 Å². The van der Waals surface area contributed by atoms with Crippen LogP contribution in [-0.2, 0) is 29.9 Å². The van der Waals surface area contributed by atoms with Gasteiger partial charge in [0.25, 0.3) is 11.8 Å². The molecule has 13 heteroatoms. The lowest BCUT2D eigenvalue weighted by Crippen LogP contribution is -2.55. The van der Waals surface area contributed by atoms with Crippen molar-refractivity contribution < 1.29 is 32.6 Å². The van der Waals surface area contributed by atoms with E-state index < -0.39 is 49.7 Å². The van der Waals surface area contributed by atoms with Crippen LogP contribution in [0.25, 0.3) is 0 Å². The lowest BCUT2D eigenvalue weighted by Gasteiger charge is -2.36. The molecule has 1 aliphatic heterocycles. The Hall–Kier alpha value is -2.54. The fourth-order valence-corrected chi connectivity index (χ4v) is 7.41. The van der Waals surface area contributed by atoms with Gasteiger partial charge in [-0.2, -0.15) is 5.10 Å². The number of carbonyl (C=O) groups excluding carboxylic acids is 2. The highest BCUT2D eigenvalue weighted by molar-refractivity contribution is 7.94. The van der Waals surface area contributed by atoms with Gasteiger partial charge in [-0.25, -0.2) is 12.8 Å². The number of nitrogens with one attached hydrogen (secondary N) is 1. The molecule has 3 N–H and O–H groups in total. The molecule has 0 radical (unpaired) electrons. The van der Waals surface area contributed by atoms with E-state index in [2.05, 4.69) is 10.4 Å². The number of halogens is 2. The summed E-state index contributed by atoms with van der Waals surface area (Å²) in [5, 5.41) is 26.4. The Morgan fingerprint density at radius 1 is 1.35 bits per heavy atom. The number of benzene rings is 1. The number of fused-ring (bicyclic) bond motifs is 1. The summed E-state index contributed by atoms with van der Waals surface area (Å²) in [6.45, 7) is 2.24. The minimum atomic E-state index is -3.92. The Bertz CT molecular complexity index is 1360. The molecule has 10 nitrogen and oxygen atoms in total. The van der Waals surface area contributed by atoms with Crippen molar-refractivity contribution in [3.05, 3.63) is 51.6 Å². The van der Waals surface area contributed by atoms with Gasteiger partial charge in [0.05, 0.1) is 27.2 Å². The maximum Gasteiger partial charge on any atom is 0.272 e. The molecule has 1 unspecified atom stereocenters. The topological polar surface area (TPSA) is 142 Å². The van der Waals surface area contributed by atoms with Crippen LogP contribution in [0.4, 0.5) is 4.39 Å². The normalized spacial score (nSPS) is 17.9. The van der Waals surface area contributed by atoms with E-state index in [1.54, 1.807) is 6.07 Å². The quantitative estimate of drug-likeness (QED) is 0.421. The van der Waals surface area contributed by atoms with Gasteiger partial charge in [-0.05, 0) is 50.8 Å². The summed E-state index contributed by atoms with van der Waals surface area (Å²) in [5.41, 5.74) is 1.26. The largest absolute Gasteiger partial charge is 0.394 e. The molecule has 1 aliphatic carbocycles. The van der Waals surface area contributed by atoms with Crippen molar-refractivity contribution in [1.82, 2.24) is 20.0 Å². The van der Waals surface area contributed by atoms with Crippen LogP contribution < -0.4 is 5.32 Å². The van der Waals surface area contributed by atoms with E-state index in [-0.39, 0.29) is 36.0 Å². The number of aliphatic hydroxyl groups is 2. The number of hydrogen-bond acceptors (Lipinski definition) is 7. The standard InChI is InChI=1S/C24H30ClFN4O6S/c1-23(2,18(32)12-31)37(35,36)24(7-8-24)13-30-9-6-15-19(28-29(3)20(15)22(30)34)21(33)27-11-14-4-5-16(25)17(26)10-14/h4-5,10,18,31-32H,6-9,11-13H2,1-3H3,(H,27,33). The van der Waals surface area contributed by atoms with E-state index >= 15 is 0 Å². The Labute approximate surface area is 219 Å². The first-order valence-electron chi connectivity index (χ1n) is 11.9. The van der Waals surface area contributed by atoms with Gasteiger partial charge in [-0.3, -0.25) is 14.3 Å². The van der Waals surface area contributed by atoms with Gasteiger partial charge in [0.1, 0.15) is 11.5 Å². The highest BCUT2D eigenvalue weighted by Crippen LogP contribution is 2.50. The molecule has 37 heavy (non-hydrogen) atoms. The molecule has 1 aromatic heterocycles. The maximum atomic E-state index is 13.7. The van der Waals surface area contributed by atoms with Gasteiger partial charge in [0.15, 0.2) is 15.5 Å². The van der Waals surface area contributed by atoms with E-state index in [1.807, 2.05) is 0 Å². The van der Waals surface area contributed by atoms with Crippen LogP contribution in [0.5, 0.6) is 0 Å². The number of sulfone groups is 1. The van der Waals surface area contributed by atoms with E-state index in [0.717, 1.165) is 0 Å². The van der Waals surface area contributed by atoms with Crippen LogP contribution in [0.1, 0.15) is 58.8 Å². The molecule has 202 valence electrons. The molecule has 1 saturated carbocycles. The zero-order chi connectivity index (χ0) is 27.3. The molecule has 1 fully saturated rings. The van der Waals surface area contributed by atoms with Crippen LogP contribution in [0, 0.1) is 5.82 Å². The summed E-state index contributed by atoms with van der Waals surface area (Å²) in [7, 11) is -2.38. The third kappa shape index (κ3) is 4.64. The van der Waals surface area contributed by atoms with Crippen molar-refractivity contribution in [3.8, 4) is 0 Å². The van der Waals surface area contributed by atoms with Gasteiger partial charge in [0, 0.05) is 32.2 Å². The van der Waals surface area contributed by atoms with E-state index in [9.17, 15) is 32.6 Å². The molecule has 2 aromatic rings. The lowest BCUT2D eigenvalue weighted by atomic mass is 10.0. The van der Waals surface area contributed by atoms with Crippen LogP contribution in [0.15, 0.2) is 18.2 Å². The highest BCUT2D eigenvalue weighted by Gasteiger charge is 2.62. The Morgan fingerprint density at radius 3 is 2.62 bits per heavy atom. The monoisotopic (exact) mass is 556 g/mol. The van der Waals surface area contributed by atoms with E-state index in [1.165, 1.54) is 42.6 Å². The summed E-state index contributed by atoms with van der Waals surface area (Å²) >= 11 is 5.69. The van der Waals surface area contributed by atoms with Crippen molar-refractivity contribution in [1.29, 1.82) is 0 Å². The molecule has 4 rings (SSSR count). The fourth-order valence-electron chi connectivity index (χ4n) is 4.78. The number of nitrogens with zero attached hydrogens (tertiary/aromatic N) is 3. The summed E-state index contributed by atoms with van der Waals surface area (Å²) in [6.07, 6.45) is -0.469. The first-order valence-corrected chi connectivity index (χ1v) is 13.7. The zero-order valence-electron chi connectivity index (χ0n) is 20.8. The third-order valence-corrected chi connectivity index (χ3v) is 11.1. The van der Waals surface area contributed by atoms with Crippen LogP contribution >= 0.6 is 11.6 Å². The SMILES string of the molecule is Cn1nc(C(=O)NCc2ccc(Cl)c(F)c2)c2c1C(=O)N(CC1(S(=O)(=O)C(C)(C)C(O)CO)CC1)CC2. The number of aryl methyl sites for hydroxylation is 1. The molecule has 2 heterocycles. The lowest BCUT2D eigenvalue weighted by molar-refractivity contribution is 0.0673. The number of hydrogen-bond donors (Lipinski definition) is 3. The van der Waals surface area contributed by atoms with Gasteiger partial charge >= 0.3 is 0 Å². The number of amides is 2. The van der Waals surface area contributed by atoms with Gasteiger partial charge in [-0.15, -0.1) is 0 Å². The van der Waals surface area contributed by atoms with Crippen molar-refractivity contribution in [2.24, 2.45) is 7.05 Å². The zero-order valence-corrected chi connectivity index (χ0v) is 22.4. The summed E-state index contributed by atoms with van der Waals surface area (Å²) in [4.78, 5) is 27.7. The molecule has 1 aromatic carbocycles. The van der Waals surface area contributed by atoms with Crippen molar-refractivity contribution >= 4 is 33.3 Å². The second kappa shape index (κ2) is 9.64. The summed E-state index contributed by atoms with van der Waals surface area (Å²) in [6, 6.07) is 4.21. The van der Waals surface area contributed by atoms with E-state index in [4.69, 9.17) is 11.6 Å². The third-order valence-electron chi connectivity index (χ3n) is 7.44. The molecule has 1 atom stereocenters. The van der Waals surface area contributed by atoms with Crippen LogP contribution in [0.2, 0.25) is 5.02 Å². The molecule has 0 saturated heterocycles. The summed E-state index contributed by atoms with van der Waals surface area (Å²) in [5.74, 6) is -1.55. The van der Waals surface area contributed by atoms with Crippen molar-refractivity contribution in [2.75, 3.05) is 19.7 Å². The second-order valence-electron chi connectivity index (χ2n) is 10.2. The second-order valence-corrected chi connectivity index (χ2v) is 13.5. The number of rotatable bonds is 9. The highest BCUT2D eigenvalue weighted by atomic mass is 35.5. The average molecular weight is 557 g/mol. The first kappa shape index (κ1) is 27.5. The molecule has 0 bridgehead atoms. The molecule has 0 spiro atoms.